The van der Waals surface area contributed by atoms with Crippen molar-refractivity contribution in [3.05, 3.63) is 82.8 Å². The van der Waals surface area contributed by atoms with Gasteiger partial charge in [-0.1, -0.05) is 12.1 Å². The number of benzene rings is 2. The van der Waals surface area contributed by atoms with Crippen molar-refractivity contribution in [1.29, 1.82) is 5.41 Å². The van der Waals surface area contributed by atoms with Crippen LogP contribution in [0.2, 0.25) is 0 Å². The van der Waals surface area contributed by atoms with Crippen LogP contribution in [0.3, 0.4) is 0 Å². The van der Waals surface area contributed by atoms with Gasteiger partial charge in [0.1, 0.15) is 11.7 Å². The monoisotopic (exact) mass is 502 g/mol. The van der Waals surface area contributed by atoms with Crippen molar-refractivity contribution in [1.82, 2.24) is 14.5 Å². The maximum atomic E-state index is 13.7. The molecule has 2 heterocycles. The minimum atomic E-state index is -0.406. The van der Waals surface area contributed by atoms with Crippen LogP contribution in [0, 0.1) is 5.41 Å². The van der Waals surface area contributed by atoms with E-state index < -0.39 is 5.41 Å². The second-order valence-corrected chi connectivity index (χ2v) is 9.85. The molecule has 1 fully saturated rings. The molecule has 36 heavy (non-hydrogen) atoms. The molecule has 0 radical (unpaired) electrons. The average molecular weight is 503 g/mol. The second-order valence-electron chi connectivity index (χ2n) is 9.85. The Morgan fingerprint density at radius 1 is 1.17 bits per heavy atom. The first-order valence-electron chi connectivity index (χ1n) is 12.3. The van der Waals surface area contributed by atoms with Crippen molar-refractivity contribution in [3.8, 4) is 0 Å². The quantitative estimate of drug-likeness (QED) is 0.334. The van der Waals surface area contributed by atoms with E-state index in [9.17, 15) is 4.79 Å². The fourth-order valence-corrected chi connectivity index (χ4v) is 5.47. The van der Waals surface area contributed by atoms with Crippen molar-refractivity contribution in [2.45, 2.75) is 44.1 Å². The van der Waals surface area contributed by atoms with Gasteiger partial charge in [0, 0.05) is 30.5 Å². The molecule has 1 aromatic heterocycles. The number of hydrogen-bond acceptors (Lipinski definition) is 4. The molecule has 186 valence electrons. The number of imidazole rings is 1. The molecule has 7 nitrogen and oxygen atoms in total. The van der Waals surface area contributed by atoms with Gasteiger partial charge >= 0.3 is 0 Å². The Morgan fingerprint density at radius 2 is 1.94 bits per heavy atom. The van der Waals surface area contributed by atoms with Gasteiger partial charge in [0.15, 0.2) is 0 Å². The third kappa shape index (κ3) is 3.97. The van der Waals surface area contributed by atoms with Crippen LogP contribution in [-0.4, -0.2) is 32.7 Å². The number of allylic oxidation sites excluding steroid dienone is 2. The van der Waals surface area contributed by atoms with E-state index >= 15 is 0 Å². The fraction of sp³-hybridized carbons (Fsp3) is 0.321. The van der Waals surface area contributed by atoms with Gasteiger partial charge in [-0.25, -0.2) is 4.98 Å². The number of nitrogen functional groups attached to an aromatic ring is 1. The number of anilines is 1. The Bertz CT molecular complexity index is 1410. The van der Waals surface area contributed by atoms with Crippen molar-refractivity contribution < 1.29 is 4.79 Å². The Hall–Kier alpha value is -3.58. The summed E-state index contributed by atoms with van der Waals surface area (Å²) in [5, 5.41) is 10.9. The molecule has 1 aliphatic heterocycles. The van der Waals surface area contributed by atoms with Crippen LogP contribution in [0.5, 0.6) is 0 Å². The minimum absolute atomic E-state index is 0. The van der Waals surface area contributed by atoms with E-state index in [2.05, 4.69) is 40.2 Å². The Kier molecular flexibility index (Phi) is 6.12. The van der Waals surface area contributed by atoms with Crippen LogP contribution >= 0.6 is 12.4 Å². The summed E-state index contributed by atoms with van der Waals surface area (Å²) in [4.78, 5) is 20.7. The summed E-state index contributed by atoms with van der Waals surface area (Å²) in [6.45, 7) is 1.38. The first-order valence-corrected chi connectivity index (χ1v) is 12.3. The number of carbonyl (C=O) groups is 1. The highest BCUT2D eigenvalue weighted by Gasteiger charge is 2.54. The van der Waals surface area contributed by atoms with Crippen molar-refractivity contribution >= 4 is 40.9 Å². The summed E-state index contributed by atoms with van der Waals surface area (Å²) >= 11 is 0. The van der Waals surface area contributed by atoms with Crippen LogP contribution in [-0.2, 0) is 23.8 Å². The Labute approximate surface area is 217 Å². The topological polar surface area (TPSA) is 100 Å². The lowest BCUT2D eigenvalue weighted by molar-refractivity contribution is -0.131. The number of nitrogens with zero attached hydrogens (tertiary/aromatic N) is 3. The van der Waals surface area contributed by atoms with E-state index in [4.69, 9.17) is 16.1 Å². The molecule has 0 spiro atoms. The number of fused-ring (bicyclic) bond motifs is 1. The van der Waals surface area contributed by atoms with Gasteiger partial charge in [-0.05, 0) is 85.7 Å². The van der Waals surface area contributed by atoms with Gasteiger partial charge in [-0.15, -0.1) is 12.4 Å². The molecule has 2 aromatic carbocycles. The number of halogens is 1. The maximum absolute atomic E-state index is 13.7. The van der Waals surface area contributed by atoms with E-state index in [0.717, 1.165) is 72.5 Å². The number of aromatic nitrogens is 2. The van der Waals surface area contributed by atoms with Gasteiger partial charge in [0.05, 0.1) is 23.0 Å². The molecule has 3 aliphatic rings. The summed E-state index contributed by atoms with van der Waals surface area (Å²) in [6.07, 6.45) is 9.32. The summed E-state index contributed by atoms with van der Waals surface area (Å²) in [7, 11) is 2.02. The first-order chi connectivity index (χ1) is 17.0. The number of amides is 1. The number of aryl methyl sites for hydroxylation is 1. The molecule has 1 saturated carbocycles. The molecule has 0 saturated heterocycles. The van der Waals surface area contributed by atoms with E-state index in [1.54, 1.807) is 0 Å². The van der Waals surface area contributed by atoms with Crippen LogP contribution in [0.15, 0.2) is 65.9 Å². The normalized spacial score (nSPS) is 17.6. The first kappa shape index (κ1) is 24.1. The fourth-order valence-electron chi connectivity index (χ4n) is 5.47. The van der Waals surface area contributed by atoms with E-state index in [-0.39, 0.29) is 24.1 Å². The van der Waals surface area contributed by atoms with E-state index in [1.807, 2.05) is 36.2 Å². The maximum Gasteiger partial charge on any atom is 0.237 e. The number of nitrogens with one attached hydrogen (secondary N) is 2. The Balaban J connectivity index is 0.00000267. The van der Waals surface area contributed by atoms with Crippen LogP contribution < -0.4 is 11.1 Å². The molecular formula is C28H31ClN6O. The molecule has 8 heteroatoms. The lowest BCUT2D eigenvalue weighted by Gasteiger charge is -2.26. The molecule has 6 rings (SSSR count). The predicted molar refractivity (Wildman–Crippen MR) is 145 cm³/mol. The lowest BCUT2D eigenvalue weighted by Crippen LogP contribution is -2.37. The van der Waals surface area contributed by atoms with Gasteiger partial charge in [-0.2, -0.15) is 0 Å². The van der Waals surface area contributed by atoms with Crippen LogP contribution in [0.1, 0.15) is 49.1 Å². The van der Waals surface area contributed by atoms with Crippen LogP contribution in [0.25, 0.3) is 11.0 Å². The SMILES string of the molecule is Cl.Cn1c(CNc2ccc(C(=N)N)cc2)nc2cc(C3(C(=O)N4CCC5=C4C=CCC5)CC3)ccc21. The number of hydrogen-bond donors (Lipinski definition) is 3. The molecule has 4 N–H and O–H groups in total. The van der Waals surface area contributed by atoms with Gasteiger partial charge in [-0.3, -0.25) is 10.2 Å². The number of rotatable bonds is 6. The standard InChI is InChI=1S/C28H30N6O.ClH/c1-33-24-11-8-20(28(13-14-28)27(35)34-15-12-18-4-2-3-5-23(18)34)16-22(24)32-25(33)17-31-21-9-6-19(7-10-21)26(29)30;/h3,5-11,16,31H,2,4,12-15,17H2,1H3,(H3,29,30);1H. The summed E-state index contributed by atoms with van der Waals surface area (Å²) in [5.74, 6) is 1.23. The zero-order chi connectivity index (χ0) is 24.2. The smallest absolute Gasteiger partial charge is 0.237 e. The van der Waals surface area contributed by atoms with Crippen molar-refractivity contribution in [2.24, 2.45) is 12.8 Å². The Morgan fingerprint density at radius 3 is 2.67 bits per heavy atom. The second kappa shape index (κ2) is 9.13. The molecule has 3 aromatic rings. The highest BCUT2D eigenvalue weighted by molar-refractivity contribution is 5.95. The average Bonchev–Trinajstić information content (AvgIpc) is 3.48. The third-order valence-corrected chi connectivity index (χ3v) is 7.76. The number of nitrogens with two attached hydrogens (primary N) is 1. The van der Waals surface area contributed by atoms with Gasteiger partial charge in [0.25, 0.3) is 0 Å². The molecule has 0 atom stereocenters. The third-order valence-electron chi connectivity index (χ3n) is 7.76. The number of amidine groups is 1. The highest BCUT2D eigenvalue weighted by Crippen LogP contribution is 2.51. The minimum Gasteiger partial charge on any atom is -0.384 e. The highest BCUT2D eigenvalue weighted by atomic mass is 35.5. The number of carbonyl (C=O) groups excluding carboxylic acids is 1. The summed E-state index contributed by atoms with van der Waals surface area (Å²) in [6, 6.07) is 13.8. The molecule has 0 unspecified atom stereocenters. The molecular weight excluding hydrogens is 472 g/mol. The van der Waals surface area contributed by atoms with Crippen molar-refractivity contribution in [2.75, 3.05) is 11.9 Å². The molecule has 0 bridgehead atoms. The van der Waals surface area contributed by atoms with Crippen molar-refractivity contribution in [3.63, 3.8) is 0 Å². The van der Waals surface area contributed by atoms with Gasteiger partial charge in [0.2, 0.25) is 5.91 Å². The lowest BCUT2D eigenvalue weighted by atomic mass is 9.93. The van der Waals surface area contributed by atoms with Gasteiger partial charge < -0.3 is 20.5 Å². The van der Waals surface area contributed by atoms with E-state index in [0.29, 0.717) is 12.1 Å². The zero-order valence-electron chi connectivity index (χ0n) is 20.4. The predicted octanol–water partition coefficient (Wildman–Crippen LogP) is 4.76. The van der Waals surface area contributed by atoms with Crippen LogP contribution in [0.4, 0.5) is 5.69 Å². The summed E-state index contributed by atoms with van der Waals surface area (Å²) in [5.41, 5.74) is 12.4. The largest absolute Gasteiger partial charge is 0.384 e. The van der Waals surface area contributed by atoms with E-state index in [1.165, 1.54) is 5.57 Å². The molecule has 1 amide bonds. The summed E-state index contributed by atoms with van der Waals surface area (Å²) < 4.78 is 2.10. The molecule has 2 aliphatic carbocycles. The zero-order valence-corrected chi connectivity index (χ0v) is 21.2.